The number of hydrogen-bond acceptors (Lipinski definition) is 5. The highest BCUT2D eigenvalue weighted by molar-refractivity contribution is 6.09. The number of rotatable bonds is 2. The zero-order valence-corrected chi connectivity index (χ0v) is 6.89. The van der Waals surface area contributed by atoms with Crippen molar-refractivity contribution < 1.29 is 14.1 Å². The summed E-state index contributed by atoms with van der Waals surface area (Å²) in [5.74, 6) is 0. The highest BCUT2D eigenvalue weighted by Gasteiger charge is 2.02. The van der Waals surface area contributed by atoms with Crippen molar-refractivity contribution in [3.05, 3.63) is 10.5 Å². The lowest BCUT2D eigenvalue weighted by molar-refractivity contribution is 0.497. The van der Waals surface area contributed by atoms with E-state index in [4.69, 9.17) is 23.7 Å². The summed E-state index contributed by atoms with van der Waals surface area (Å²) in [5.41, 5.74) is -0.716. The van der Waals surface area contributed by atoms with Gasteiger partial charge in [0.2, 0.25) is 0 Å². The number of halogens is 2. The van der Waals surface area contributed by atoms with E-state index in [2.05, 4.69) is 23.5 Å². The quantitative estimate of drug-likeness (QED) is 0.710. The molecule has 0 spiro atoms. The highest BCUT2D eigenvalue weighted by Crippen LogP contribution is 2.05. The van der Waals surface area contributed by atoms with Crippen LogP contribution >= 0.6 is 23.7 Å². The lowest BCUT2D eigenvalue weighted by atomic mass is 11.0. The van der Waals surface area contributed by atoms with Crippen molar-refractivity contribution in [3.8, 4) is 12.0 Å². The van der Waals surface area contributed by atoms with E-state index in [1.54, 1.807) is 0 Å². The average molecular weight is 216 g/mol. The van der Waals surface area contributed by atoms with Crippen molar-refractivity contribution in [2.45, 2.75) is 0 Å². The summed E-state index contributed by atoms with van der Waals surface area (Å²) in [6, 6.07) is -0.562. The minimum atomic E-state index is -0.716. The Hall–Kier alpha value is -1.05. The number of hydrogen-bond donors (Lipinski definition) is 1. The van der Waals surface area contributed by atoms with E-state index in [0.29, 0.717) is 0 Å². The van der Waals surface area contributed by atoms with Gasteiger partial charge in [0.1, 0.15) is 23.7 Å². The lowest BCUT2D eigenvalue weighted by Gasteiger charge is -1.93. The van der Waals surface area contributed by atoms with E-state index >= 15 is 0 Å². The minimum Gasteiger partial charge on any atom is -0.412 e. The molecule has 1 aromatic heterocycles. The van der Waals surface area contributed by atoms with Crippen LogP contribution in [0.15, 0.2) is 4.79 Å². The SMILES string of the molecule is O.O=c1nc(OCl)nc(OCl)[nH]1. The van der Waals surface area contributed by atoms with Crippen LogP contribution in [-0.4, -0.2) is 20.4 Å². The first-order valence-electron chi connectivity index (χ1n) is 2.32. The molecule has 0 unspecified atom stereocenters. The second-order valence-corrected chi connectivity index (χ2v) is 1.70. The Kier molecular flexibility index (Phi) is 4.34. The van der Waals surface area contributed by atoms with Crippen molar-refractivity contribution >= 4 is 23.7 Å². The second kappa shape index (κ2) is 4.75. The first kappa shape index (κ1) is 11.0. The number of nitrogens with one attached hydrogen (secondary N) is 1. The predicted molar refractivity (Wildman–Crippen MR) is 39.2 cm³/mol. The fourth-order valence-electron chi connectivity index (χ4n) is 0.417. The van der Waals surface area contributed by atoms with Gasteiger partial charge in [0.15, 0.2) is 0 Å². The molecular weight excluding hydrogens is 213 g/mol. The van der Waals surface area contributed by atoms with Crippen LogP contribution in [0.4, 0.5) is 0 Å². The maximum atomic E-state index is 10.5. The molecule has 1 aromatic rings. The summed E-state index contributed by atoms with van der Waals surface area (Å²) in [6.07, 6.45) is 0. The molecule has 12 heavy (non-hydrogen) atoms. The first-order valence-corrected chi connectivity index (χ1v) is 2.93. The number of aromatic amines is 1. The van der Waals surface area contributed by atoms with Gasteiger partial charge in [-0.25, -0.2) is 4.79 Å². The molecule has 3 N–H and O–H groups in total. The van der Waals surface area contributed by atoms with Gasteiger partial charge in [-0.15, -0.1) is 9.97 Å². The Labute approximate surface area is 75.9 Å². The van der Waals surface area contributed by atoms with E-state index in [1.807, 2.05) is 0 Å². The summed E-state index contributed by atoms with van der Waals surface area (Å²) in [6.45, 7) is 0. The van der Waals surface area contributed by atoms with Crippen LogP contribution in [0.1, 0.15) is 0 Å². The summed E-state index contributed by atoms with van der Waals surface area (Å²) in [4.78, 5) is 19.2. The third-order valence-corrected chi connectivity index (χ3v) is 1.03. The van der Waals surface area contributed by atoms with Gasteiger partial charge in [0, 0.05) is 0 Å². The minimum absolute atomic E-state index is 0. The molecule has 68 valence electrons. The predicted octanol–water partition coefficient (Wildman–Crippen LogP) is -0.595. The Bertz CT molecular complexity index is 277. The molecule has 9 heteroatoms. The molecule has 0 fully saturated rings. The fraction of sp³-hybridized carbons (Fsp3) is 0. The van der Waals surface area contributed by atoms with Gasteiger partial charge in [-0.1, -0.05) is 0 Å². The molecule has 7 nitrogen and oxygen atoms in total. The molecule has 0 atom stereocenters. The van der Waals surface area contributed by atoms with Gasteiger partial charge in [-0.05, 0) is 0 Å². The first-order chi connectivity index (χ1) is 5.26. The van der Waals surface area contributed by atoms with Gasteiger partial charge in [0.25, 0.3) is 0 Å². The lowest BCUT2D eigenvalue weighted by Crippen LogP contribution is -2.12. The molecule has 1 rings (SSSR count). The van der Waals surface area contributed by atoms with Crippen LogP contribution in [0.5, 0.6) is 12.0 Å². The average Bonchev–Trinajstić information content (AvgIpc) is 2.03. The Morgan fingerprint density at radius 1 is 1.25 bits per heavy atom. The summed E-state index contributed by atoms with van der Waals surface area (Å²) in [7, 11) is 0. The zero-order valence-electron chi connectivity index (χ0n) is 5.38. The smallest absolute Gasteiger partial charge is 0.353 e. The normalized spacial score (nSPS) is 8.50. The van der Waals surface area contributed by atoms with Crippen LogP contribution in [-0.2, 0) is 0 Å². The molecule has 0 radical (unpaired) electrons. The van der Waals surface area contributed by atoms with Crippen molar-refractivity contribution in [3.63, 3.8) is 0 Å². The fourth-order valence-corrected chi connectivity index (χ4v) is 0.559. The van der Waals surface area contributed by atoms with Gasteiger partial charge in [0.05, 0.1) is 0 Å². The van der Waals surface area contributed by atoms with E-state index < -0.39 is 5.69 Å². The van der Waals surface area contributed by atoms with Gasteiger partial charge < -0.3 is 14.1 Å². The zero-order chi connectivity index (χ0) is 8.27. The molecule has 1 heterocycles. The summed E-state index contributed by atoms with van der Waals surface area (Å²) < 4.78 is 8.09. The highest BCUT2D eigenvalue weighted by atomic mass is 35.5. The van der Waals surface area contributed by atoms with E-state index in [9.17, 15) is 4.79 Å². The largest absolute Gasteiger partial charge is 0.412 e. The number of aromatic nitrogens is 3. The van der Waals surface area contributed by atoms with Crippen molar-refractivity contribution in [1.82, 2.24) is 15.0 Å². The topological polar surface area (TPSA) is 109 Å². The van der Waals surface area contributed by atoms with Crippen LogP contribution < -0.4 is 14.3 Å². The van der Waals surface area contributed by atoms with Crippen LogP contribution in [0.3, 0.4) is 0 Å². The van der Waals surface area contributed by atoms with Crippen molar-refractivity contribution in [2.24, 2.45) is 0 Å². The Balaban J connectivity index is 0.00000121. The maximum absolute atomic E-state index is 10.5. The van der Waals surface area contributed by atoms with Gasteiger partial charge in [-0.2, -0.15) is 0 Å². The molecule has 0 aliphatic heterocycles. The van der Waals surface area contributed by atoms with Crippen LogP contribution in [0.2, 0.25) is 0 Å². The Morgan fingerprint density at radius 3 is 2.42 bits per heavy atom. The van der Waals surface area contributed by atoms with Crippen molar-refractivity contribution in [1.29, 1.82) is 0 Å². The molecule has 0 amide bonds. The van der Waals surface area contributed by atoms with Gasteiger partial charge >= 0.3 is 17.7 Å². The molecule has 0 aromatic carbocycles. The third kappa shape index (κ3) is 2.53. The van der Waals surface area contributed by atoms with E-state index in [0.717, 1.165) is 0 Å². The van der Waals surface area contributed by atoms with Gasteiger partial charge in [-0.3, -0.25) is 4.98 Å². The maximum Gasteiger partial charge on any atom is 0.353 e. The van der Waals surface area contributed by atoms with Crippen LogP contribution in [0, 0.1) is 0 Å². The molecular formula is C3H3Cl2N3O4. The molecule has 0 aliphatic rings. The van der Waals surface area contributed by atoms with Crippen LogP contribution in [0.25, 0.3) is 0 Å². The standard InChI is InChI=1S/C3HCl2N3O3.H2O/c4-10-2-6-1(9)7-3(8-2)11-5;/h(H,6,7,8,9);1H2. The second-order valence-electron chi connectivity index (χ2n) is 1.40. The molecule has 0 bridgehead atoms. The number of nitrogens with zero attached hydrogens (tertiary/aromatic N) is 2. The summed E-state index contributed by atoms with van der Waals surface area (Å²) in [5, 5.41) is 0. The van der Waals surface area contributed by atoms with E-state index in [1.165, 1.54) is 0 Å². The Morgan fingerprint density at radius 2 is 1.92 bits per heavy atom. The number of H-pyrrole nitrogens is 1. The molecule has 0 aliphatic carbocycles. The monoisotopic (exact) mass is 215 g/mol. The third-order valence-electron chi connectivity index (χ3n) is 0.750. The summed E-state index contributed by atoms with van der Waals surface area (Å²) >= 11 is 9.72. The molecule has 0 saturated heterocycles. The molecule has 0 saturated carbocycles. The van der Waals surface area contributed by atoms with E-state index in [-0.39, 0.29) is 17.5 Å². The van der Waals surface area contributed by atoms with Crippen molar-refractivity contribution in [2.75, 3.05) is 0 Å².